The van der Waals surface area contributed by atoms with Crippen LogP contribution in [-0.4, -0.2) is 9.97 Å². The average Bonchev–Trinajstić information content (AvgIpc) is 1.88. The van der Waals surface area contributed by atoms with Crippen LogP contribution >= 0.6 is 15.9 Å². The Labute approximate surface area is 67.8 Å². The Balaban J connectivity index is 2.89. The lowest BCUT2D eigenvalue weighted by Gasteiger charge is -2.01. The molecule has 0 amide bonds. The van der Waals surface area contributed by atoms with Crippen molar-refractivity contribution in [2.45, 2.75) is 13.0 Å². The van der Waals surface area contributed by atoms with E-state index in [9.17, 15) is 0 Å². The van der Waals surface area contributed by atoms with E-state index in [2.05, 4.69) is 25.9 Å². The molecule has 1 unspecified atom stereocenters. The molecule has 1 aromatic heterocycles. The van der Waals surface area contributed by atoms with E-state index < -0.39 is 0 Å². The molecular weight excluding hydrogens is 194 g/mol. The van der Waals surface area contributed by atoms with Crippen LogP contribution in [0.2, 0.25) is 0 Å². The number of halogens is 1. The highest BCUT2D eigenvalue weighted by atomic mass is 79.9. The number of nitrogens with two attached hydrogens (primary N) is 1. The Kier molecular flexibility index (Phi) is 2.34. The van der Waals surface area contributed by atoms with E-state index in [1.807, 2.05) is 6.92 Å². The Morgan fingerprint density at radius 2 is 2.00 bits per heavy atom. The normalized spacial score (nSPS) is 13.1. The highest BCUT2D eigenvalue weighted by Gasteiger charge is 1.98. The van der Waals surface area contributed by atoms with Gasteiger partial charge < -0.3 is 5.73 Å². The standard InChI is InChI=1S/C6H8BrN3/c1-4(8)5-2-9-6(7)10-3-5/h2-4H,8H2,1H3. The third kappa shape index (κ3) is 1.75. The van der Waals surface area contributed by atoms with Crippen LogP contribution in [0.4, 0.5) is 0 Å². The molecule has 1 atom stereocenters. The molecule has 0 radical (unpaired) electrons. The van der Waals surface area contributed by atoms with Gasteiger partial charge in [-0.1, -0.05) is 0 Å². The van der Waals surface area contributed by atoms with E-state index in [0.717, 1.165) is 5.56 Å². The lowest BCUT2D eigenvalue weighted by molar-refractivity contribution is 0.799. The molecule has 1 aromatic rings. The second-order valence-corrected chi connectivity index (χ2v) is 2.78. The van der Waals surface area contributed by atoms with Gasteiger partial charge in [0.25, 0.3) is 0 Å². The van der Waals surface area contributed by atoms with Crippen LogP contribution < -0.4 is 5.73 Å². The smallest absolute Gasteiger partial charge is 0.196 e. The third-order valence-corrected chi connectivity index (χ3v) is 1.58. The molecule has 0 fully saturated rings. The van der Waals surface area contributed by atoms with Crippen LogP contribution in [0.15, 0.2) is 17.1 Å². The summed E-state index contributed by atoms with van der Waals surface area (Å²) in [6, 6.07) is 0.00750. The minimum Gasteiger partial charge on any atom is -0.324 e. The Morgan fingerprint density at radius 3 is 2.40 bits per heavy atom. The summed E-state index contributed by atoms with van der Waals surface area (Å²) >= 11 is 3.13. The first kappa shape index (κ1) is 7.63. The Hall–Kier alpha value is -0.480. The van der Waals surface area contributed by atoms with Crippen LogP contribution in [0.3, 0.4) is 0 Å². The van der Waals surface area contributed by atoms with Crippen molar-refractivity contribution in [2.75, 3.05) is 0 Å². The fourth-order valence-corrected chi connectivity index (χ4v) is 0.762. The van der Waals surface area contributed by atoms with Gasteiger partial charge in [-0.05, 0) is 22.9 Å². The fraction of sp³-hybridized carbons (Fsp3) is 0.333. The van der Waals surface area contributed by atoms with Crippen LogP contribution in [0.1, 0.15) is 18.5 Å². The van der Waals surface area contributed by atoms with E-state index >= 15 is 0 Å². The predicted octanol–water partition coefficient (Wildman–Crippen LogP) is 1.26. The highest BCUT2D eigenvalue weighted by Crippen LogP contribution is 2.07. The van der Waals surface area contributed by atoms with Crippen molar-refractivity contribution in [1.29, 1.82) is 0 Å². The highest BCUT2D eigenvalue weighted by molar-refractivity contribution is 9.10. The first-order valence-electron chi connectivity index (χ1n) is 2.93. The lowest BCUT2D eigenvalue weighted by atomic mass is 10.2. The van der Waals surface area contributed by atoms with E-state index in [1.54, 1.807) is 12.4 Å². The fourth-order valence-electron chi connectivity index (χ4n) is 0.557. The van der Waals surface area contributed by atoms with Crippen LogP contribution in [-0.2, 0) is 0 Å². The summed E-state index contributed by atoms with van der Waals surface area (Å²) in [5.41, 5.74) is 6.52. The molecule has 0 aliphatic heterocycles. The van der Waals surface area contributed by atoms with Gasteiger partial charge in [-0.2, -0.15) is 0 Å². The molecule has 0 saturated heterocycles. The van der Waals surface area contributed by atoms with E-state index in [4.69, 9.17) is 5.73 Å². The molecule has 10 heavy (non-hydrogen) atoms. The minimum absolute atomic E-state index is 0.00750. The van der Waals surface area contributed by atoms with Gasteiger partial charge in [-0.3, -0.25) is 0 Å². The van der Waals surface area contributed by atoms with Crippen molar-refractivity contribution >= 4 is 15.9 Å². The summed E-state index contributed by atoms with van der Waals surface area (Å²) in [4.78, 5) is 7.85. The van der Waals surface area contributed by atoms with E-state index in [0.29, 0.717) is 4.73 Å². The minimum atomic E-state index is 0.00750. The van der Waals surface area contributed by atoms with E-state index in [-0.39, 0.29) is 6.04 Å². The summed E-state index contributed by atoms with van der Waals surface area (Å²) in [6.07, 6.45) is 3.42. The van der Waals surface area contributed by atoms with Crippen LogP contribution in [0.5, 0.6) is 0 Å². The van der Waals surface area contributed by atoms with Crippen molar-refractivity contribution in [3.63, 3.8) is 0 Å². The quantitative estimate of drug-likeness (QED) is 0.697. The largest absolute Gasteiger partial charge is 0.324 e. The SMILES string of the molecule is CC(N)c1cnc(Br)nc1. The monoisotopic (exact) mass is 201 g/mol. The first-order chi connectivity index (χ1) is 4.70. The summed E-state index contributed by atoms with van der Waals surface area (Å²) in [5.74, 6) is 0. The zero-order valence-corrected chi connectivity index (χ0v) is 7.17. The maximum Gasteiger partial charge on any atom is 0.196 e. The zero-order chi connectivity index (χ0) is 7.56. The Bertz CT molecular complexity index is 207. The lowest BCUT2D eigenvalue weighted by Crippen LogP contribution is -2.05. The van der Waals surface area contributed by atoms with Crippen molar-refractivity contribution in [3.8, 4) is 0 Å². The molecule has 0 saturated carbocycles. The van der Waals surface area contributed by atoms with Crippen LogP contribution in [0.25, 0.3) is 0 Å². The van der Waals surface area contributed by atoms with Crippen LogP contribution in [0, 0.1) is 0 Å². The molecule has 0 aromatic carbocycles. The van der Waals surface area contributed by atoms with Crippen molar-refractivity contribution in [3.05, 3.63) is 22.7 Å². The molecule has 0 aliphatic rings. The van der Waals surface area contributed by atoms with Gasteiger partial charge >= 0.3 is 0 Å². The number of rotatable bonds is 1. The molecule has 4 heteroatoms. The predicted molar refractivity (Wildman–Crippen MR) is 42.3 cm³/mol. The van der Waals surface area contributed by atoms with Crippen molar-refractivity contribution < 1.29 is 0 Å². The second-order valence-electron chi connectivity index (χ2n) is 2.07. The molecule has 0 bridgehead atoms. The van der Waals surface area contributed by atoms with Crippen molar-refractivity contribution in [2.24, 2.45) is 5.73 Å². The maximum absolute atomic E-state index is 5.57. The maximum atomic E-state index is 5.57. The van der Waals surface area contributed by atoms with Gasteiger partial charge in [-0.15, -0.1) is 0 Å². The average molecular weight is 202 g/mol. The summed E-state index contributed by atoms with van der Waals surface area (Å²) < 4.78 is 0.594. The second kappa shape index (κ2) is 3.07. The van der Waals surface area contributed by atoms with Gasteiger partial charge in [-0.25, -0.2) is 9.97 Å². The molecule has 0 spiro atoms. The number of nitrogens with zero attached hydrogens (tertiary/aromatic N) is 2. The van der Waals surface area contributed by atoms with E-state index in [1.165, 1.54) is 0 Å². The molecule has 54 valence electrons. The summed E-state index contributed by atoms with van der Waals surface area (Å²) in [7, 11) is 0. The number of hydrogen-bond donors (Lipinski definition) is 1. The molecule has 0 aliphatic carbocycles. The molecular formula is C6H8BrN3. The summed E-state index contributed by atoms with van der Waals surface area (Å²) in [5, 5.41) is 0. The molecule has 1 rings (SSSR count). The van der Waals surface area contributed by atoms with Gasteiger partial charge in [0.05, 0.1) is 0 Å². The van der Waals surface area contributed by atoms with Gasteiger partial charge in [0, 0.05) is 24.0 Å². The van der Waals surface area contributed by atoms with Gasteiger partial charge in [0.1, 0.15) is 0 Å². The number of hydrogen-bond acceptors (Lipinski definition) is 3. The van der Waals surface area contributed by atoms with Crippen molar-refractivity contribution in [1.82, 2.24) is 9.97 Å². The summed E-state index contributed by atoms with van der Waals surface area (Å²) in [6.45, 7) is 1.90. The molecule has 2 N–H and O–H groups in total. The zero-order valence-electron chi connectivity index (χ0n) is 5.58. The third-order valence-electron chi connectivity index (χ3n) is 1.17. The molecule has 3 nitrogen and oxygen atoms in total. The Morgan fingerprint density at radius 1 is 1.50 bits per heavy atom. The first-order valence-corrected chi connectivity index (χ1v) is 3.72. The number of aromatic nitrogens is 2. The topological polar surface area (TPSA) is 51.8 Å². The van der Waals surface area contributed by atoms with Gasteiger partial charge in [0.2, 0.25) is 0 Å². The van der Waals surface area contributed by atoms with Gasteiger partial charge in [0.15, 0.2) is 4.73 Å². The molecule has 1 heterocycles.